The van der Waals surface area contributed by atoms with Crippen molar-refractivity contribution in [3.63, 3.8) is 0 Å². The van der Waals surface area contributed by atoms with E-state index in [1.807, 2.05) is 0 Å². The third-order valence-corrected chi connectivity index (χ3v) is 3.71. The van der Waals surface area contributed by atoms with Gasteiger partial charge >= 0.3 is 6.18 Å². The number of halogens is 4. The SMILES string of the molecule is O=c1cc(C(F)(F)F)nc(SCc2c(O)cccc2Cl)[nH]1. The molecule has 1 aromatic heterocycles. The average molecular weight is 337 g/mol. The number of nitrogens with one attached hydrogen (secondary N) is 1. The van der Waals surface area contributed by atoms with E-state index in [0.717, 1.165) is 11.8 Å². The molecule has 1 aromatic carbocycles. The molecule has 0 fully saturated rings. The van der Waals surface area contributed by atoms with Crippen molar-refractivity contribution in [2.75, 3.05) is 0 Å². The number of phenols is 1. The number of benzene rings is 1. The zero-order valence-electron chi connectivity index (χ0n) is 10.2. The molecular formula is C12H8ClF3N2O2S. The van der Waals surface area contributed by atoms with Crippen LogP contribution in [0.5, 0.6) is 5.75 Å². The molecule has 0 saturated carbocycles. The lowest BCUT2D eigenvalue weighted by Crippen LogP contribution is -2.16. The number of aromatic amines is 1. The quantitative estimate of drug-likeness (QED) is 0.665. The zero-order valence-corrected chi connectivity index (χ0v) is 11.8. The Balaban J connectivity index is 2.25. The molecule has 4 nitrogen and oxygen atoms in total. The van der Waals surface area contributed by atoms with Gasteiger partial charge in [0.05, 0.1) is 0 Å². The van der Waals surface area contributed by atoms with E-state index in [4.69, 9.17) is 11.6 Å². The maximum atomic E-state index is 12.6. The van der Waals surface area contributed by atoms with Gasteiger partial charge in [0.2, 0.25) is 0 Å². The first-order valence-corrected chi connectivity index (χ1v) is 6.91. The summed E-state index contributed by atoms with van der Waals surface area (Å²) in [5.41, 5.74) is -1.82. The maximum absolute atomic E-state index is 12.6. The Labute approximate surface area is 126 Å². The van der Waals surface area contributed by atoms with Crippen molar-refractivity contribution in [1.82, 2.24) is 9.97 Å². The van der Waals surface area contributed by atoms with E-state index < -0.39 is 17.4 Å². The lowest BCUT2D eigenvalue weighted by Gasteiger charge is -2.08. The van der Waals surface area contributed by atoms with E-state index in [1.54, 1.807) is 6.07 Å². The van der Waals surface area contributed by atoms with E-state index in [0.29, 0.717) is 11.6 Å². The van der Waals surface area contributed by atoms with Gasteiger partial charge in [-0.15, -0.1) is 0 Å². The van der Waals surface area contributed by atoms with Crippen LogP contribution >= 0.6 is 23.4 Å². The number of rotatable bonds is 3. The fourth-order valence-electron chi connectivity index (χ4n) is 1.48. The van der Waals surface area contributed by atoms with Crippen molar-refractivity contribution >= 4 is 23.4 Å². The largest absolute Gasteiger partial charge is 0.508 e. The van der Waals surface area contributed by atoms with Crippen LogP contribution in [-0.2, 0) is 11.9 Å². The first-order chi connectivity index (χ1) is 9.77. The number of hydrogen-bond acceptors (Lipinski definition) is 4. The van der Waals surface area contributed by atoms with Crippen molar-refractivity contribution in [2.45, 2.75) is 17.1 Å². The summed E-state index contributed by atoms with van der Waals surface area (Å²) in [4.78, 5) is 16.8. The smallest absolute Gasteiger partial charge is 0.433 e. The highest BCUT2D eigenvalue weighted by Crippen LogP contribution is 2.32. The van der Waals surface area contributed by atoms with Crippen molar-refractivity contribution in [3.05, 3.63) is 50.9 Å². The van der Waals surface area contributed by atoms with Crippen LogP contribution < -0.4 is 5.56 Å². The van der Waals surface area contributed by atoms with E-state index in [1.165, 1.54) is 12.1 Å². The number of aromatic nitrogens is 2. The molecule has 9 heteroatoms. The Bertz CT molecular complexity index is 698. The first-order valence-electron chi connectivity index (χ1n) is 5.55. The van der Waals surface area contributed by atoms with Crippen LogP contribution in [0.15, 0.2) is 34.2 Å². The Morgan fingerprint density at radius 1 is 1.38 bits per heavy atom. The van der Waals surface area contributed by atoms with Crippen LogP contribution in [0.1, 0.15) is 11.3 Å². The summed E-state index contributed by atoms with van der Waals surface area (Å²) in [7, 11) is 0. The Morgan fingerprint density at radius 3 is 2.71 bits per heavy atom. The molecule has 0 spiro atoms. The third-order valence-electron chi connectivity index (χ3n) is 2.46. The number of H-pyrrole nitrogens is 1. The predicted octanol–water partition coefficient (Wildman–Crippen LogP) is 3.44. The van der Waals surface area contributed by atoms with E-state index in [9.17, 15) is 23.1 Å². The van der Waals surface area contributed by atoms with Gasteiger partial charge < -0.3 is 10.1 Å². The molecule has 0 atom stereocenters. The van der Waals surface area contributed by atoms with E-state index in [-0.39, 0.29) is 21.7 Å². The lowest BCUT2D eigenvalue weighted by molar-refractivity contribution is -0.141. The molecule has 0 amide bonds. The Kier molecular flexibility index (Phi) is 4.48. The number of hydrogen-bond donors (Lipinski definition) is 2. The van der Waals surface area contributed by atoms with Crippen LogP contribution in [0, 0.1) is 0 Å². The predicted molar refractivity (Wildman–Crippen MR) is 72.5 cm³/mol. The third kappa shape index (κ3) is 3.92. The number of thioether (sulfide) groups is 1. The van der Waals surface area contributed by atoms with Gasteiger partial charge in [-0.2, -0.15) is 13.2 Å². The fraction of sp³-hybridized carbons (Fsp3) is 0.167. The molecule has 0 radical (unpaired) electrons. The Morgan fingerprint density at radius 2 is 2.10 bits per heavy atom. The summed E-state index contributed by atoms with van der Waals surface area (Å²) in [6.45, 7) is 0. The molecule has 112 valence electrons. The highest BCUT2D eigenvalue weighted by Gasteiger charge is 2.33. The van der Waals surface area contributed by atoms with Gasteiger partial charge in [-0.25, -0.2) is 4.98 Å². The summed E-state index contributed by atoms with van der Waals surface area (Å²) >= 11 is 6.72. The second kappa shape index (κ2) is 5.98. The minimum Gasteiger partial charge on any atom is -0.508 e. The maximum Gasteiger partial charge on any atom is 0.433 e. The first kappa shape index (κ1) is 15.7. The second-order valence-electron chi connectivity index (χ2n) is 3.96. The van der Waals surface area contributed by atoms with Crippen LogP contribution in [0.4, 0.5) is 13.2 Å². The summed E-state index contributed by atoms with van der Waals surface area (Å²) in [6.07, 6.45) is -4.70. The minimum absolute atomic E-state index is 0.0652. The standard InChI is InChI=1S/C12H8ClF3N2O2S/c13-7-2-1-3-8(19)6(7)5-21-11-17-9(12(14,15)16)4-10(20)18-11/h1-4,19H,5H2,(H,17,18,20). The summed E-state index contributed by atoms with van der Waals surface area (Å²) in [6, 6.07) is 4.87. The number of alkyl halides is 3. The average Bonchev–Trinajstić information content (AvgIpc) is 2.36. The molecule has 2 N–H and O–H groups in total. The van der Waals surface area contributed by atoms with Crippen LogP contribution in [0.25, 0.3) is 0 Å². The normalized spacial score (nSPS) is 11.6. The van der Waals surface area contributed by atoms with Gasteiger partial charge in [0, 0.05) is 22.4 Å². The van der Waals surface area contributed by atoms with Gasteiger partial charge in [0.15, 0.2) is 10.9 Å². The number of aromatic hydroxyl groups is 1. The fourth-order valence-corrected chi connectivity index (χ4v) is 2.72. The molecule has 21 heavy (non-hydrogen) atoms. The molecule has 0 bridgehead atoms. The minimum atomic E-state index is -4.70. The number of nitrogens with zero attached hydrogens (tertiary/aromatic N) is 1. The lowest BCUT2D eigenvalue weighted by atomic mass is 10.2. The van der Waals surface area contributed by atoms with Gasteiger partial charge in [0.1, 0.15) is 5.75 Å². The highest BCUT2D eigenvalue weighted by atomic mass is 35.5. The van der Waals surface area contributed by atoms with Gasteiger partial charge in [0.25, 0.3) is 5.56 Å². The van der Waals surface area contributed by atoms with Gasteiger partial charge in [-0.3, -0.25) is 4.79 Å². The van der Waals surface area contributed by atoms with E-state index >= 15 is 0 Å². The van der Waals surface area contributed by atoms with Crippen molar-refractivity contribution < 1.29 is 18.3 Å². The van der Waals surface area contributed by atoms with E-state index in [2.05, 4.69) is 9.97 Å². The van der Waals surface area contributed by atoms with Crippen molar-refractivity contribution in [1.29, 1.82) is 0 Å². The molecule has 2 rings (SSSR count). The molecule has 0 unspecified atom stereocenters. The monoisotopic (exact) mass is 336 g/mol. The van der Waals surface area contributed by atoms with Gasteiger partial charge in [-0.1, -0.05) is 29.4 Å². The molecule has 0 saturated heterocycles. The topological polar surface area (TPSA) is 66.0 Å². The van der Waals surface area contributed by atoms with Crippen molar-refractivity contribution in [2.24, 2.45) is 0 Å². The molecule has 0 aliphatic heterocycles. The molecule has 1 heterocycles. The summed E-state index contributed by atoms with van der Waals surface area (Å²) in [5, 5.41) is 9.71. The zero-order chi connectivity index (χ0) is 15.6. The molecule has 0 aliphatic rings. The van der Waals surface area contributed by atoms with Crippen molar-refractivity contribution in [3.8, 4) is 5.75 Å². The summed E-state index contributed by atoms with van der Waals surface area (Å²) in [5.74, 6) is -0.0141. The highest BCUT2D eigenvalue weighted by molar-refractivity contribution is 7.98. The molecular weight excluding hydrogens is 329 g/mol. The number of phenolic OH excluding ortho intramolecular Hbond substituents is 1. The van der Waals surface area contributed by atoms with Crippen LogP contribution in [-0.4, -0.2) is 15.1 Å². The summed E-state index contributed by atoms with van der Waals surface area (Å²) < 4.78 is 37.7. The van der Waals surface area contributed by atoms with Crippen LogP contribution in [0.2, 0.25) is 5.02 Å². The Hall–Kier alpha value is -1.67. The molecule has 0 aliphatic carbocycles. The molecule has 2 aromatic rings. The van der Waals surface area contributed by atoms with Crippen LogP contribution in [0.3, 0.4) is 0 Å². The van der Waals surface area contributed by atoms with Gasteiger partial charge in [-0.05, 0) is 12.1 Å². The second-order valence-corrected chi connectivity index (χ2v) is 5.33.